The van der Waals surface area contributed by atoms with E-state index in [4.69, 9.17) is 19.3 Å². The van der Waals surface area contributed by atoms with Gasteiger partial charge in [-0.3, -0.25) is 4.90 Å². The SMILES string of the molecule is CCO.CCOC(=O)c1cc2c(s1)-c1ccccc1N(C(=O)OCc1ccccc1)CC2.CCOC(=O)c1cc2c(s1)-c1ccccc1NCC2.Cl.Cl. The number of amides is 1. The van der Waals surface area contributed by atoms with Crippen LogP contribution in [0.4, 0.5) is 16.2 Å². The van der Waals surface area contributed by atoms with E-state index in [1.807, 2.05) is 85.8 Å². The van der Waals surface area contributed by atoms with Gasteiger partial charge in [-0.1, -0.05) is 66.7 Å². The van der Waals surface area contributed by atoms with Gasteiger partial charge in [-0.25, -0.2) is 14.4 Å². The first-order valence-electron chi connectivity index (χ1n) is 17.0. The van der Waals surface area contributed by atoms with E-state index in [2.05, 4.69) is 17.4 Å². The molecule has 0 atom stereocenters. The van der Waals surface area contributed by atoms with Crippen LogP contribution in [0.15, 0.2) is 91.0 Å². The van der Waals surface area contributed by atoms with Gasteiger partial charge in [0.2, 0.25) is 0 Å². The van der Waals surface area contributed by atoms with Crippen molar-refractivity contribution in [3.8, 4) is 20.9 Å². The van der Waals surface area contributed by atoms with Crippen molar-refractivity contribution in [3.05, 3.63) is 117 Å². The van der Waals surface area contributed by atoms with Crippen molar-refractivity contribution < 1.29 is 33.7 Å². The Bertz CT molecular complexity index is 1950. The highest BCUT2D eigenvalue weighted by Crippen LogP contribution is 2.42. The van der Waals surface area contributed by atoms with Crippen LogP contribution in [0.5, 0.6) is 0 Å². The van der Waals surface area contributed by atoms with Crippen LogP contribution in [0.1, 0.15) is 56.8 Å². The average Bonchev–Trinajstić information content (AvgIpc) is 3.69. The van der Waals surface area contributed by atoms with Crippen LogP contribution in [-0.2, 0) is 33.7 Å². The highest BCUT2D eigenvalue weighted by molar-refractivity contribution is 7.18. The minimum absolute atomic E-state index is 0. The quantitative estimate of drug-likeness (QED) is 0.129. The zero-order valence-corrected chi connectivity index (χ0v) is 33.1. The lowest BCUT2D eigenvalue weighted by molar-refractivity contribution is 0.0522. The maximum Gasteiger partial charge on any atom is 0.414 e. The number of aliphatic hydroxyl groups is 1. The highest BCUT2D eigenvalue weighted by atomic mass is 35.5. The second-order valence-corrected chi connectivity index (χ2v) is 13.5. The number of carbonyl (C=O) groups excluding carboxylic acids is 3. The predicted octanol–water partition coefficient (Wildman–Crippen LogP) is 9.69. The van der Waals surface area contributed by atoms with Gasteiger partial charge >= 0.3 is 18.0 Å². The molecule has 0 spiro atoms. The first-order chi connectivity index (χ1) is 24.9. The number of nitrogens with one attached hydrogen (secondary N) is 1. The van der Waals surface area contributed by atoms with E-state index in [9.17, 15) is 14.4 Å². The fourth-order valence-electron chi connectivity index (χ4n) is 5.70. The lowest BCUT2D eigenvalue weighted by atomic mass is 10.1. The predicted molar refractivity (Wildman–Crippen MR) is 219 cm³/mol. The van der Waals surface area contributed by atoms with E-state index >= 15 is 0 Å². The van der Waals surface area contributed by atoms with Crippen molar-refractivity contribution in [1.82, 2.24) is 0 Å². The zero-order valence-electron chi connectivity index (χ0n) is 29.8. The van der Waals surface area contributed by atoms with Gasteiger partial charge in [0.25, 0.3) is 0 Å². The second kappa shape index (κ2) is 21.3. The number of halogens is 2. The Morgan fingerprint density at radius 2 is 1.25 bits per heavy atom. The Balaban J connectivity index is 0.000000274. The van der Waals surface area contributed by atoms with E-state index in [1.165, 1.54) is 38.7 Å². The molecule has 53 heavy (non-hydrogen) atoms. The van der Waals surface area contributed by atoms with E-state index < -0.39 is 0 Å². The largest absolute Gasteiger partial charge is 0.462 e. The number of nitrogens with zero attached hydrogens (tertiary/aromatic N) is 1. The molecule has 0 fully saturated rings. The number of para-hydroxylation sites is 2. The molecule has 2 N–H and O–H groups in total. The van der Waals surface area contributed by atoms with Crippen LogP contribution in [0.2, 0.25) is 0 Å². The standard InChI is InChI=1S/C23H21NO4S.C15H15NO2S.C2H6O.2ClH/c1-2-27-22(25)20-14-17-12-13-24(19-11-7-6-10-18(19)21(17)29-20)23(26)28-15-16-8-4-3-5-9-16;1-2-18-15(17)13-9-10-7-8-16-12-6-4-3-5-11(12)14(10)19-13;1-2-3;;/h3-11,14H,2,12-13,15H2,1H3;3-6,9,16H,2,7-8H2,1H3;3H,2H2,1H3;2*1H. The van der Waals surface area contributed by atoms with Gasteiger partial charge < -0.3 is 24.6 Å². The van der Waals surface area contributed by atoms with E-state index in [1.54, 1.807) is 18.7 Å². The summed E-state index contributed by atoms with van der Waals surface area (Å²) in [6.45, 7) is 7.92. The molecule has 4 heterocycles. The number of hydrogen-bond donors (Lipinski definition) is 2. The summed E-state index contributed by atoms with van der Waals surface area (Å²) in [5.74, 6) is -0.520. The van der Waals surface area contributed by atoms with Crippen molar-refractivity contribution >= 4 is 76.9 Å². The molecule has 1 amide bonds. The Kier molecular flexibility index (Phi) is 17.3. The minimum atomic E-state index is -0.373. The maximum atomic E-state index is 12.9. The molecule has 282 valence electrons. The van der Waals surface area contributed by atoms with Crippen LogP contribution in [0, 0.1) is 0 Å². The van der Waals surface area contributed by atoms with Gasteiger partial charge in [0, 0.05) is 46.3 Å². The summed E-state index contributed by atoms with van der Waals surface area (Å²) in [4.78, 5) is 42.0. The Morgan fingerprint density at radius 3 is 1.87 bits per heavy atom. The molecule has 7 rings (SSSR count). The van der Waals surface area contributed by atoms with Crippen molar-refractivity contribution in [2.24, 2.45) is 0 Å². The smallest absolute Gasteiger partial charge is 0.414 e. The lowest BCUT2D eigenvalue weighted by Crippen LogP contribution is -2.33. The number of anilines is 2. The summed E-state index contributed by atoms with van der Waals surface area (Å²) >= 11 is 2.93. The molecular weight excluding hydrogens is 755 g/mol. The third kappa shape index (κ3) is 10.8. The summed E-state index contributed by atoms with van der Waals surface area (Å²) in [5.41, 5.74) is 7.25. The Labute approximate surface area is 330 Å². The molecule has 0 unspecified atom stereocenters. The molecule has 2 aliphatic heterocycles. The number of fused-ring (bicyclic) bond motifs is 6. The molecule has 0 saturated heterocycles. The van der Waals surface area contributed by atoms with Gasteiger partial charge in [-0.2, -0.15) is 0 Å². The first kappa shape index (κ1) is 43.0. The van der Waals surface area contributed by atoms with Crippen LogP contribution in [-0.4, -0.2) is 56.0 Å². The van der Waals surface area contributed by atoms with E-state index in [-0.39, 0.29) is 56.1 Å². The minimum Gasteiger partial charge on any atom is -0.462 e. The van der Waals surface area contributed by atoms with Crippen LogP contribution < -0.4 is 10.2 Å². The average molecular weight is 800 g/mol. The fraction of sp³-hybridized carbons (Fsp3) is 0.275. The maximum absolute atomic E-state index is 12.9. The first-order valence-corrected chi connectivity index (χ1v) is 18.6. The van der Waals surface area contributed by atoms with E-state index in [0.717, 1.165) is 45.9 Å². The number of esters is 2. The van der Waals surface area contributed by atoms with Crippen molar-refractivity contribution in [2.75, 3.05) is 43.1 Å². The summed E-state index contributed by atoms with van der Waals surface area (Å²) < 4.78 is 15.8. The van der Waals surface area contributed by atoms with Gasteiger partial charge in [-0.05, 0) is 74.6 Å². The monoisotopic (exact) mass is 798 g/mol. The second-order valence-electron chi connectivity index (χ2n) is 11.4. The van der Waals surface area contributed by atoms with Crippen LogP contribution in [0.25, 0.3) is 20.9 Å². The van der Waals surface area contributed by atoms with Gasteiger partial charge in [0.15, 0.2) is 0 Å². The van der Waals surface area contributed by atoms with Gasteiger partial charge in [0.1, 0.15) is 16.4 Å². The zero-order chi connectivity index (χ0) is 36.2. The summed E-state index contributed by atoms with van der Waals surface area (Å²) in [6.07, 6.45) is 1.20. The molecule has 5 aromatic rings. The molecule has 2 aromatic heterocycles. The lowest BCUT2D eigenvalue weighted by Gasteiger charge is -2.22. The molecule has 2 aliphatic rings. The van der Waals surface area contributed by atoms with Crippen LogP contribution in [0.3, 0.4) is 0 Å². The number of aliphatic hydroxyl groups excluding tert-OH is 1. The molecule has 3 aromatic carbocycles. The molecule has 13 heteroatoms. The van der Waals surface area contributed by atoms with Gasteiger partial charge in [0.05, 0.1) is 18.9 Å². The van der Waals surface area contributed by atoms with Gasteiger partial charge in [-0.15, -0.1) is 47.5 Å². The molecular formula is C40H44Cl2N2O7S2. The molecule has 0 radical (unpaired) electrons. The number of hydrogen-bond acceptors (Lipinski definition) is 10. The normalized spacial score (nSPS) is 11.8. The number of benzene rings is 3. The Morgan fingerprint density at radius 1 is 0.717 bits per heavy atom. The molecule has 9 nitrogen and oxygen atoms in total. The number of carbonyl (C=O) groups is 3. The summed E-state index contributed by atoms with van der Waals surface area (Å²) in [7, 11) is 0. The number of thiophene rings is 2. The van der Waals surface area contributed by atoms with Crippen LogP contribution >= 0.6 is 47.5 Å². The summed E-state index contributed by atoms with van der Waals surface area (Å²) in [5, 5.41) is 11.0. The fourth-order valence-corrected chi connectivity index (χ4v) is 7.98. The topological polar surface area (TPSA) is 114 Å². The Hall–Kier alpha value is -4.39. The van der Waals surface area contributed by atoms with Crippen molar-refractivity contribution in [2.45, 2.75) is 40.2 Å². The highest BCUT2D eigenvalue weighted by Gasteiger charge is 2.28. The number of rotatable bonds is 6. The van der Waals surface area contributed by atoms with Crippen molar-refractivity contribution in [3.63, 3.8) is 0 Å². The third-order valence-electron chi connectivity index (χ3n) is 7.92. The molecule has 0 bridgehead atoms. The molecule has 0 aliphatic carbocycles. The third-order valence-corrected chi connectivity index (χ3v) is 10.3. The molecule has 0 saturated carbocycles. The van der Waals surface area contributed by atoms with Crippen molar-refractivity contribution in [1.29, 1.82) is 0 Å². The van der Waals surface area contributed by atoms with E-state index in [0.29, 0.717) is 35.9 Å². The summed E-state index contributed by atoms with van der Waals surface area (Å²) in [6, 6.07) is 29.4. The number of ether oxygens (including phenoxy) is 3.